The van der Waals surface area contributed by atoms with Crippen LogP contribution in [-0.2, 0) is 15.0 Å². The van der Waals surface area contributed by atoms with Gasteiger partial charge in [-0.1, -0.05) is 18.2 Å². The third-order valence-corrected chi connectivity index (χ3v) is 6.08. The van der Waals surface area contributed by atoms with Crippen LogP contribution in [0, 0.1) is 5.92 Å². The largest absolute Gasteiger partial charge is 0.491 e. The van der Waals surface area contributed by atoms with E-state index in [2.05, 4.69) is 5.32 Å². The van der Waals surface area contributed by atoms with Gasteiger partial charge in [0.05, 0.1) is 12.0 Å². The molecule has 1 aliphatic heterocycles. The Morgan fingerprint density at radius 3 is 2.68 bits per heavy atom. The molecule has 0 saturated carbocycles. The monoisotopic (exact) mass is 369 g/mol. The van der Waals surface area contributed by atoms with Crippen molar-refractivity contribution in [1.29, 1.82) is 0 Å². The van der Waals surface area contributed by atoms with Crippen molar-refractivity contribution >= 4 is 16.1 Å². The van der Waals surface area contributed by atoms with Crippen molar-refractivity contribution in [3.05, 3.63) is 30.3 Å². The molecule has 8 heteroatoms. The first-order valence-corrected chi connectivity index (χ1v) is 9.86. The lowest BCUT2D eigenvalue weighted by atomic mass is 9.98. The van der Waals surface area contributed by atoms with E-state index in [1.54, 1.807) is 0 Å². The predicted octanol–water partition coefficient (Wildman–Crippen LogP) is 1.09. The zero-order chi connectivity index (χ0) is 18.4. The van der Waals surface area contributed by atoms with Gasteiger partial charge >= 0.3 is 0 Å². The van der Waals surface area contributed by atoms with E-state index in [1.165, 1.54) is 22.7 Å². The molecule has 1 heterocycles. The van der Waals surface area contributed by atoms with Gasteiger partial charge in [-0.3, -0.25) is 4.79 Å². The molecule has 0 unspecified atom stereocenters. The number of nitrogens with one attached hydrogen (secondary N) is 1. The molecule has 0 radical (unpaired) electrons. The number of rotatable bonds is 7. The van der Waals surface area contributed by atoms with Crippen molar-refractivity contribution in [1.82, 2.24) is 13.9 Å². The SMILES string of the molecule is C[C@@H](COc1ccccc1)NC(=O)[C@@H]1CCCN(S(=O)(=O)N(C)C)C1. The van der Waals surface area contributed by atoms with E-state index in [4.69, 9.17) is 4.74 Å². The normalized spacial score (nSPS) is 20.2. The summed E-state index contributed by atoms with van der Waals surface area (Å²) in [7, 11) is -0.475. The van der Waals surface area contributed by atoms with E-state index < -0.39 is 10.2 Å². The van der Waals surface area contributed by atoms with Crippen LogP contribution < -0.4 is 10.1 Å². The second kappa shape index (κ2) is 8.64. The molecule has 140 valence electrons. The van der Waals surface area contributed by atoms with E-state index >= 15 is 0 Å². The van der Waals surface area contributed by atoms with Crippen LogP contribution in [0.5, 0.6) is 5.75 Å². The second-order valence-corrected chi connectivity index (χ2v) is 8.66. The summed E-state index contributed by atoms with van der Waals surface area (Å²) in [5.41, 5.74) is 0. The Bertz CT molecular complexity index is 664. The summed E-state index contributed by atoms with van der Waals surface area (Å²) >= 11 is 0. The number of amides is 1. The van der Waals surface area contributed by atoms with E-state index in [-0.39, 0.29) is 24.4 Å². The number of carbonyl (C=O) groups excluding carboxylic acids is 1. The van der Waals surface area contributed by atoms with Crippen LogP contribution in [0.3, 0.4) is 0 Å². The van der Waals surface area contributed by atoms with Gasteiger partial charge in [0.2, 0.25) is 5.91 Å². The van der Waals surface area contributed by atoms with Crippen molar-refractivity contribution in [3.8, 4) is 5.75 Å². The van der Waals surface area contributed by atoms with Gasteiger partial charge in [-0.15, -0.1) is 0 Å². The van der Waals surface area contributed by atoms with E-state index in [0.717, 1.165) is 5.75 Å². The van der Waals surface area contributed by atoms with Crippen molar-refractivity contribution in [3.63, 3.8) is 0 Å². The highest BCUT2D eigenvalue weighted by Crippen LogP contribution is 2.20. The fourth-order valence-corrected chi connectivity index (χ4v) is 3.93. The topological polar surface area (TPSA) is 79.0 Å². The maximum absolute atomic E-state index is 12.5. The number of carbonyl (C=O) groups is 1. The van der Waals surface area contributed by atoms with Gasteiger partial charge < -0.3 is 10.1 Å². The van der Waals surface area contributed by atoms with Crippen molar-refractivity contribution in [2.24, 2.45) is 5.92 Å². The Labute approximate surface area is 150 Å². The van der Waals surface area contributed by atoms with E-state index in [9.17, 15) is 13.2 Å². The molecular weight excluding hydrogens is 342 g/mol. The molecule has 1 aliphatic rings. The number of hydrogen-bond acceptors (Lipinski definition) is 4. The van der Waals surface area contributed by atoms with Crippen LogP contribution in [-0.4, -0.2) is 62.8 Å². The predicted molar refractivity (Wildman–Crippen MR) is 96.4 cm³/mol. The van der Waals surface area contributed by atoms with Crippen LogP contribution in [0.4, 0.5) is 0 Å². The minimum atomic E-state index is -3.48. The van der Waals surface area contributed by atoms with Crippen molar-refractivity contribution in [2.75, 3.05) is 33.8 Å². The van der Waals surface area contributed by atoms with Crippen LogP contribution in [0.1, 0.15) is 19.8 Å². The second-order valence-electron chi connectivity index (χ2n) is 6.52. The van der Waals surface area contributed by atoms with Crippen molar-refractivity contribution in [2.45, 2.75) is 25.8 Å². The summed E-state index contributed by atoms with van der Waals surface area (Å²) in [6, 6.07) is 9.25. The van der Waals surface area contributed by atoms with Gasteiger partial charge in [-0.05, 0) is 31.9 Å². The zero-order valence-electron chi connectivity index (χ0n) is 15.0. The van der Waals surface area contributed by atoms with Gasteiger partial charge in [0, 0.05) is 27.2 Å². The summed E-state index contributed by atoms with van der Waals surface area (Å²) in [6.45, 7) is 2.91. The number of ether oxygens (including phenoxy) is 1. The molecule has 0 spiro atoms. The molecular formula is C17H27N3O4S. The highest BCUT2D eigenvalue weighted by atomic mass is 32.2. The molecule has 0 aliphatic carbocycles. The minimum Gasteiger partial charge on any atom is -0.491 e. The van der Waals surface area contributed by atoms with E-state index in [1.807, 2.05) is 37.3 Å². The maximum atomic E-state index is 12.5. The Balaban J connectivity index is 1.85. The van der Waals surface area contributed by atoms with Gasteiger partial charge in [0.25, 0.3) is 10.2 Å². The molecule has 25 heavy (non-hydrogen) atoms. The first-order valence-electron chi connectivity index (χ1n) is 8.46. The number of hydrogen-bond donors (Lipinski definition) is 1. The first kappa shape index (κ1) is 19.7. The summed E-state index contributed by atoms with van der Waals surface area (Å²) in [6.07, 6.45) is 1.37. The average molecular weight is 369 g/mol. The average Bonchev–Trinajstić information content (AvgIpc) is 2.60. The van der Waals surface area contributed by atoms with Gasteiger partial charge in [-0.2, -0.15) is 17.0 Å². The van der Waals surface area contributed by atoms with Gasteiger partial charge in [0.1, 0.15) is 12.4 Å². The van der Waals surface area contributed by atoms with Crippen molar-refractivity contribution < 1.29 is 17.9 Å². The molecule has 1 fully saturated rings. The lowest BCUT2D eigenvalue weighted by molar-refractivity contribution is -0.126. The Morgan fingerprint density at radius 2 is 2.04 bits per heavy atom. The molecule has 2 rings (SSSR count). The Kier molecular flexibility index (Phi) is 6.80. The highest BCUT2D eigenvalue weighted by molar-refractivity contribution is 7.86. The minimum absolute atomic E-state index is 0.122. The van der Waals surface area contributed by atoms with Gasteiger partial charge in [0.15, 0.2) is 0 Å². The van der Waals surface area contributed by atoms with Crippen LogP contribution >= 0.6 is 0 Å². The molecule has 1 aromatic carbocycles. The summed E-state index contributed by atoms with van der Waals surface area (Å²) in [4.78, 5) is 12.5. The summed E-state index contributed by atoms with van der Waals surface area (Å²) in [5, 5.41) is 2.92. The van der Waals surface area contributed by atoms with Crippen LogP contribution in [0.25, 0.3) is 0 Å². The third-order valence-electron chi connectivity index (χ3n) is 4.17. The molecule has 1 saturated heterocycles. The highest BCUT2D eigenvalue weighted by Gasteiger charge is 2.33. The molecule has 1 amide bonds. The van der Waals surface area contributed by atoms with Crippen LogP contribution in [0.15, 0.2) is 30.3 Å². The standard InChI is InChI=1S/C17H27N3O4S/c1-14(13-24-16-9-5-4-6-10-16)18-17(21)15-8-7-11-20(12-15)25(22,23)19(2)3/h4-6,9-10,14-15H,7-8,11-13H2,1-3H3,(H,18,21)/t14-,15+/m0/s1. The maximum Gasteiger partial charge on any atom is 0.281 e. The Morgan fingerprint density at radius 1 is 1.36 bits per heavy atom. The number of piperidine rings is 1. The molecule has 0 bridgehead atoms. The van der Waals surface area contributed by atoms with Gasteiger partial charge in [-0.25, -0.2) is 0 Å². The Hall–Kier alpha value is -1.64. The number of benzene rings is 1. The fourth-order valence-electron chi connectivity index (χ4n) is 2.74. The summed E-state index contributed by atoms with van der Waals surface area (Å²) < 4.78 is 32.7. The lowest BCUT2D eigenvalue weighted by Crippen LogP contribution is -2.50. The van der Waals surface area contributed by atoms with Crippen LogP contribution in [0.2, 0.25) is 0 Å². The fraction of sp³-hybridized carbons (Fsp3) is 0.588. The summed E-state index contributed by atoms with van der Waals surface area (Å²) in [5.74, 6) is 0.301. The molecule has 7 nitrogen and oxygen atoms in total. The quantitative estimate of drug-likeness (QED) is 0.780. The number of para-hydroxylation sites is 1. The zero-order valence-corrected chi connectivity index (χ0v) is 15.8. The molecule has 2 atom stereocenters. The lowest BCUT2D eigenvalue weighted by Gasteiger charge is -2.33. The molecule has 1 aromatic rings. The number of nitrogens with zero attached hydrogens (tertiary/aromatic N) is 2. The first-order chi connectivity index (χ1) is 11.8. The smallest absolute Gasteiger partial charge is 0.281 e. The van der Waals surface area contributed by atoms with E-state index in [0.29, 0.717) is 26.0 Å². The third kappa shape index (κ3) is 5.42. The molecule has 0 aromatic heterocycles. The molecule has 1 N–H and O–H groups in total.